The third-order valence-corrected chi connectivity index (χ3v) is 3.19. The second-order valence-corrected chi connectivity index (χ2v) is 5.32. The highest BCUT2D eigenvalue weighted by Gasteiger charge is 2.00. The van der Waals surface area contributed by atoms with Crippen molar-refractivity contribution in [2.75, 3.05) is 27.2 Å². The lowest BCUT2D eigenvalue weighted by Crippen LogP contribution is -2.17. The monoisotopic (exact) mass is 272 g/mol. The molecule has 108 valence electrons. The van der Waals surface area contributed by atoms with Gasteiger partial charge in [0.2, 0.25) is 0 Å². The number of para-hydroxylation sites is 1. The van der Waals surface area contributed by atoms with Gasteiger partial charge in [0.15, 0.2) is 0 Å². The Kier molecular flexibility index (Phi) is 5.77. The Bertz CT molecular complexity index is 490. The quantitative estimate of drug-likeness (QED) is 0.749. The molecular formula is C16H24N4. The van der Waals surface area contributed by atoms with Crippen molar-refractivity contribution in [2.24, 2.45) is 0 Å². The van der Waals surface area contributed by atoms with Crippen molar-refractivity contribution in [1.29, 1.82) is 0 Å². The van der Waals surface area contributed by atoms with Crippen LogP contribution in [0.3, 0.4) is 0 Å². The number of aromatic nitrogens is 2. The van der Waals surface area contributed by atoms with Crippen LogP contribution in [0.5, 0.6) is 0 Å². The molecule has 4 nitrogen and oxygen atoms in total. The fraction of sp³-hybridized carbons (Fsp3) is 0.438. The van der Waals surface area contributed by atoms with Crippen LogP contribution >= 0.6 is 0 Å². The molecule has 1 aromatic heterocycles. The van der Waals surface area contributed by atoms with Gasteiger partial charge in [0.1, 0.15) is 0 Å². The van der Waals surface area contributed by atoms with Gasteiger partial charge in [-0.15, -0.1) is 0 Å². The van der Waals surface area contributed by atoms with Crippen molar-refractivity contribution in [2.45, 2.75) is 19.4 Å². The summed E-state index contributed by atoms with van der Waals surface area (Å²) in [5.41, 5.74) is 2.33. The number of benzene rings is 1. The fourth-order valence-corrected chi connectivity index (χ4v) is 2.08. The summed E-state index contributed by atoms with van der Waals surface area (Å²) >= 11 is 0. The minimum atomic E-state index is 0.884. The molecule has 20 heavy (non-hydrogen) atoms. The third-order valence-electron chi connectivity index (χ3n) is 3.19. The largest absolute Gasteiger partial charge is 0.313 e. The number of hydrogen-bond acceptors (Lipinski definition) is 3. The first-order chi connectivity index (χ1) is 9.75. The Morgan fingerprint density at radius 2 is 1.95 bits per heavy atom. The Hall–Kier alpha value is -1.65. The van der Waals surface area contributed by atoms with Crippen molar-refractivity contribution in [3.05, 3.63) is 48.3 Å². The van der Waals surface area contributed by atoms with Crippen LogP contribution in [0.2, 0.25) is 0 Å². The Labute approximate surface area is 121 Å². The van der Waals surface area contributed by atoms with Crippen LogP contribution in [-0.4, -0.2) is 41.9 Å². The van der Waals surface area contributed by atoms with Crippen molar-refractivity contribution < 1.29 is 0 Å². The molecule has 0 bridgehead atoms. The van der Waals surface area contributed by atoms with Crippen molar-refractivity contribution in [3.8, 4) is 5.69 Å². The molecule has 0 amide bonds. The van der Waals surface area contributed by atoms with E-state index in [2.05, 4.69) is 47.7 Å². The summed E-state index contributed by atoms with van der Waals surface area (Å²) in [6.45, 7) is 3.10. The summed E-state index contributed by atoms with van der Waals surface area (Å²) in [6, 6.07) is 10.2. The number of nitrogens with zero attached hydrogens (tertiary/aromatic N) is 3. The molecule has 0 unspecified atom stereocenters. The van der Waals surface area contributed by atoms with Gasteiger partial charge in [0.05, 0.1) is 11.9 Å². The minimum absolute atomic E-state index is 0.884. The van der Waals surface area contributed by atoms with E-state index < -0.39 is 0 Å². The van der Waals surface area contributed by atoms with Crippen molar-refractivity contribution in [1.82, 2.24) is 20.0 Å². The van der Waals surface area contributed by atoms with E-state index in [-0.39, 0.29) is 0 Å². The highest BCUT2D eigenvalue weighted by atomic mass is 15.3. The second-order valence-electron chi connectivity index (χ2n) is 5.32. The van der Waals surface area contributed by atoms with E-state index in [0.29, 0.717) is 0 Å². The summed E-state index contributed by atoms with van der Waals surface area (Å²) in [4.78, 5) is 2.23. The highest BCUT2D eigenvalue weighted by molar-refractivity contribution is 5.30. The number of unbranched alkanes of at least 4 members (excludes halogenated alkanes) is 1. The summed E-state index contributed by atoms with van der Waals surface area (Å²) < 4.78 is 1.92. The lowest BCUT2D eigenvalue weighted by atomic mass is 10.3. The zero-order valence-corrected chi connectivity index (χ0v) is 12.4. The predicted molar refractivity (Wildman–Crippen MR) is 83.1 cm³/mol. The van der Waals surface area contributed by atoms with E-state index in [1.165, 1.54) is 18.4 Å². The van der Waals surface area contributed by atoms with Gasteiger partial charge < -0.3 is 10.2 Å². The molecule has 0 aliphatic heterocycles. The van der Waals surface area contributed by atoms with Gasteiger partial charge in [-0.1, -0.05) is 18.2 Å². The van der Waals surface area contributed by atoms with Gasteiger partial charge in [-0.25, -0.2) is 4.68 Å². The van der Waals surface area contributed by atoms with Gasteiger partial charge in [-0.3, -0.25) is 0 Å². The van der Waals surface area contributed by atoms with Crippen LogP contribution in [-0.2, 0) is 6.54 Å². The van der Waals surface area contributed by atoms with Gasteiger partial charge in [-0.2, -0.15) is 5.10 Å². The molecule has 0 aliphatic carbocycles. The molecule has 0 radical (unpaired) electrons. The van der Waals surface area contributed by atoms with E-state index in [1.807, 2.05) is 29.1 Å². The smallest absolute Gasteiger partial charge is 0.0645 e. The molecule has 0 atom stereocenters. The van der Waals surface area contributed by atoms with Crippen LogP contribution in [0, 0.1) is 0 Å². The summed E-state index contributed by atoms with van der Waals surface area (Å²) in [6.07, 6.45) is 6.47. The average Bonchev–Trinajstić information content (AvgIpc) is 2.92. The van der Waals surface area contributed by atoms with Gasteiger partial charge in [-0.05, 0) is 52.2 Å². The molecule has 1 aromatic carbocycles. The lowest BCUT2D eigenvalue weighted by Gasteiger charge is -2.08. The Morgan fingerprint density at radius 3 is 2.70 bits per heavy atom. The molecule has 1 N–H and O–H groups in total. The maximum Gasteiger partial charge on any atom is 0.0645 e. The first kappa shape index (κ1) is 14.8. The number of rotatable bonds is 8. The van der Waals surface area contributed by atoms with E-state index >= 15 is 0 Å². The molecule has 1 heterocycles. The van der Waals surface area contributed by atoms with E-state index in [1.54, 1.807) is 0 Å². The van der Waals surface area contributed by atoms with Gasteiger partial charge in [0, 0.05) is 18.3 Å². The first-order valence-electron chi connectivity index (χ1n) is 7.20. The van der Waals surface area contributed by atoms with E-state index in [9.17, 15) is 0 Å². The topological polar surface area (TPSA) is 33.1 Å². The highest BCUT2D eigenvalue weighted by Crippen LogP contribution is 2.07. The average molecular weight is 272 g/mol. The minimum Gasteiger partial charge on any atom is -0.313 e. The Balaban J connectivity index is 1.71. The molecular weight excluding hydrogens is 248 g/mol. The number of nitrogens with one attached hydrogen (secondary N) is 1. The summed E-state index contributed by atoms with van der Waals surface area (Å²) in [5.74, 6) is 0. The Morgan fingerprint density at radius 1 is 1.15 bits per heavy atom. The molecule has 4 heteroatoms. The second kappa shape index (κ2) is 7.82. The molecule has 0 spiro atoms. The van der Waals surface area contributed by atoms with Crippen molar-refractivity contribution in [3.63, 3.8) is 0 Å². The predicted octanol–water partition coefficient (Wildman–Crippen LogP) is 2.30. The van der Waals surface area contributed by atoms with Crippen LogP contribution in [0.15, 0.2) is 42.7 Å². The van der Waals surface area contributed by atoms with Crippen LogP contribution < -0.4 is 5.32 Å². The summed E-state index contributed by atoms with van der Waals surface area (Å²) in [7, 11) is 4.23. The van der Waals surface area contributed by atoms with Crippen LogP contribution in [0.4, 0.5) is 0 Å². The molecule has 0 aliphatic rings. The van der Waals surface area contributed by atoms with E-state index in [0.717, 1.165) is 25.3 Å². The molecule has 2 aromatic rings. The molecule has 0 saturated carbocycles. The SMILES string of the molecule is CN(C)CCCCNCc1cnn(-c2ccccc2)c1. The maximum atomic E-state index is 4.39. The molecule has 2 rings (SSSR count). The lowest BCUT2D eigenvalue weighted by molar-refractivity contribution is 0.391. The standard InChI is InChI=1S/C16H24N4/c1-19(2)11-7-6-10-17-12-15-13-18-20(14-15)16-8-4-3-5-9-16/h3-5,8-9,13-14,17H,6-7,10-12H2,1-2H3. The molecule has 0 fully saturated rings. The third kappa shape index (κ3) is 4.79. The zero-order valence-electron chi connectivity index (χ0n) is 12.4. The number of hydrogen-bond donors (Lipinski definition) is 1. The van der Waals surface area contributed by atoms with Gasteiger partial charge >= 0.3 is 0 Å². The summed E-state index contributed by atoms with van der Waals surface area (Å²) in [5, 5.41) is 7.86. The van der Waals surface area contributed by atoms with Crippen LogP contribution in [0.1, 0.15) is 18.4 Å². The first-order valence-corrected chi connectivity index (χ1v) is 7.20. The fourth-order valence-electron chi connectivity index (χ4n) is 2.08. The normalized spacial score (nSPS) is 11.2. The van der Waals surface area contributed by atoms with Gasteiger partial charge in [0.25, 0.3) is 0 Å². The maximum absolute atomic E-state index is 4.39. The zero-order chi connectivity index (χ0) is 14.2. The van der Waals surface area contributed by atoms with Crippen LogP contribution in [0.25, 0.3) is 5.69 Å². The van der Waals surface area contributed by atoms with Crippen molar-refractivity contribution >= 4 is 0 Å². The molecule has 0 saturated heterocycles. The van der Waals surface area contributed by atoms with E-state index in [4.69, 9.17) is 0 Å².